The van der Waals surface area contributed by atoms with E-state index in [4.69, 9.17) is 19.3 Å². The van der Waals surface area contributed by atoms with E-state index in [-0.39, 0.29) is 0 Å². The molecule has 5 heteroatoms. The Morgan fingerprint density at radius 2 is 1.86 bits per heavy atom. The van der Waals surface area contributed by atoms with Crippen molar-refractivity contribution in [2.24, 2.45) is 0 Å². The number of rotatable bonds is 8. The number of benzene rings is 1. The number of hydrogen-bond donors (Lipinski definition) is 1. The molecule has 5 nitrogen and oxygen atoms in total. The molecule has 1 N–H and O–H groups in total. The first kappa shape index (κ1) is 16.6. The first-order valence-electron chi connectivity index (χ1n) is 6.42. The Morgan fingerprint density at radius 3 is 2.29 bits per heavy atom. The average Bonchev–Trinajstić information content (AvgIpc) is 2.44. The van der Waals surface area contributed by atoms with Crippen molar-refractivity contribution in [1.82, 2.24) is 0 Å². The van der Waals surface area contributed by atoms with Crippen molar-refractivity contribution in [1.29, 1.82) is 0 Å². The number of aliphatic carboxylic acids is 1. The van der Waals surface area contributed by atoms with Gasteiger partial charge in [0.25, 0.3) is 0 Å². The number of methoxy groups -OCH3 is 2. The Labute approximate surface area is 124 Å². The van der Waals surface area contributed by atoms with Gasteiger partial charge in [-0.05, 0) is 30.7 Å². The fraction of sp³-hybridized carbons (Fsp3) is 0.312. The molecule has 0 saturated heterocycles. The molecule has 0 aliphatic rings. The summed E-state index contributed by atoms with van der Waals surface area (Å²) in [5.41, 5.74) is 1.67. The molecule has 1 aromatic carbocycles. The van der Waals surface area contributed by atoms with Gasteiger partial charge in [0.1, 0.15) is 0 Å². The fourth-order valence-corrected chi connectivity index (χ4v) is 1.63. The summed E-state index contributed by atoms with van der Waals surface area (Å²) in [5.74, 6) is 0.450. The van der Waals surface area contributed by atoms with Gasteiger partial charge in [-0.1, -0.05) is 5.57 Å². The molecule has 114 valence electrons. The molecule has 0 radical (unpaired) electrons. The molecule has 0 atom stereocenters. The third-order valence-corrected chi connectivity index (χ3v) is 2.68. The van der Waals surface area contributed by atoms with E-state index in [0.717, 1.165) is 18.1 Å². The molecule has 0 aliphatic heterocycles. The molecule has 21 heavy (non-hydrogen) atoms. The molecule has 1 aromatic rings. The summed E-state index contributed by atoms with van der Waals surface area (Å²) in [7, 11) is 3.04. The van der Waals surface area contributed by atoms with Gasteiger partial charge in [0, 0.05) is 12.5 Å². The SMILES string of the molecule is C=C(C)CCOc1c(OC)cc(/C=C/C(=O)O)cc1OC. The molecule has 0 aromatic heterocycles. The van der Waals surface area contributed by atoms with Gasteiger partial charge in [-0.25, -0.2) is 4.79 Å². The van der Waals surface area contributed by atoms with Gasteiger partial charge in [-0.3, -0.25) is 0 Å². The van der Waals surface area contributed by atoms with Crippen molar-refractivity contribution in [2.45, 2.75) is 13.3 Å². The van der Waals surface area contributed by atoms with Crippen molar-refractivity contribution >= 4 is 12.0 Å². The molecule has 0 aliphatic carbocycles. The van der Waals surface area contributed by atoms with Gasteiger partial charge in [0.05, 0.1) is 20.8 Å². The Kier molecular flexibility index (Phi) is 6.33. The largest absolute Gasteiger partial charge is 0.493 e. The molecule has 0 spiro atoms. The second-order valence-corrected chi connectivity index (χ2v) is 4.48. The van der Waals surface area contributed by atoms with E-state index in [1.54, 1.807) is 12.1 Å². The van der Waals surface area contributed by atoms with E-state index >= 15 is 0 Å². The van der Waals surface area contributed by atoms with Crippen LogP contribution in [0, 0.1) is 0 Å². The summed E-state index contributed by atoms with van der Waals surface area (Å²) < 4.78 is 16.3. The van der Waals surface area contributed by atoms with E-state index in [1.165, 1.54) is 20.3 Å². The summed E-state index contributed by atoms with van der Waals surface area (Å²) in [6.07, 6.45) is 3.24. The van der Waals surface area contributed by atoms with Crippen LogP contribution in [0.1, 0.15) is 18.9 Å². The molecule has 0 amide bonds. The maximum atomic E-state index is 10.6. The van der Waals surface area contributed by atoms with Crippen LogP contribution < -0.4 is 14.2 Å². The first-order chi connectivity index (χ1) is 9.97. The molecule has 0 fully saturated rings. The van der Waals surface area contributed by atoms with Gasteiger partial charge in [0.15, 0.2) is 11.5 Å². The summed E-state index contributed by atoms with van der Waals surface area (Å²) in [5, 5.41) is 8.67. The maximum absolute atomic E-state index is 10.6. The summed E-state index contributed by atoms with van der Waals surface area (Å²) in [6, 6.07) is 3.39. The lowest BCUT2D eigenvalue weighted by Crippen LogP contribution is -2.02. The van der Waals surface area contributed by atoms with E-state index in [1.807, 2.05) is 6.92 Å². The number of hydrogen-bond acceptors (Lipinski definition) is 4. The van der Waals surface area contributed by atoms with Gasteiger partial charge >= 0.3 is 5.97 Å². The van der Waals surface area contributed by atoms with Crippen molar-refractivity contribution < 1.29 is 24.1 Å². The van der Waals surface area contributed by atoms with E-state index in [0.29, 0.717) is 29.4 Å². The van der Waals surface area contributed by atoms with Crippen molar-refractivity contribution in [3.63, 3.8) is 0 Å². The third kappa shape index (κ3) is 5.22. The monoisotopic (exact) mass is 292 g/mol. The maximum Gasteiger partial charge on any atom is 0.328 e. The van der Waals surface area contributed by atoms with E-state index in [2.05, 4.69) is 6.58 Å². The van der Waals surface area contributed by atoms with Crippen molar-refractivity contribution in [3.05, 3.63) is 35.9 Å². The lowest BCUT2D eigenvalue weighted by atomic mass is 10.1. The molecule has 1 rings (SSSR count). The highest BCUT2D eigenvalue weighted by atomic mass is 16.5. The minimum Gasteiger partial charge on any atom is -0.493 e. The summed E-state index contributed by atoms with van der Waals surface area (Å²) in [4.78, 5) is 10.6. The zero-order chi connectivity index (χ0) is 15.8. The highest BCUT2D eigenvalue weighted by molar-refractivity contribution is 5.85. The Hall–Kier alpha value is -2.43. The fourth-order valence-electron chi connectivity index (χ4n) is 1.63. The third-order valence-electron chi connectivity index (χ3n) is 2.68. The van der Waals surface area contributed by atoms with Crippen LogP contribution in [0.4, 0.5) is 0 Å². The number of carboxylic acid groups (broad SMARTS) is 1. The number of ether oxygens (including phenoxy) is 3. The summed E-state index contributed by atoms with van der Waals surface area (Å²) in [6.45, 7) is 6.21. The van der Waals surface area contributed by atoms with Crippen LogP contribution in [0.15, 0.2) is 30.4 Å². The standard InChI is InChI=1S/C16H20O5/c1-11(2)7-8-21-16-13(19-3)9-12(5-6-15(17)18)10-14(16)20-4/h5-6,9-10H,1,7-8H2,2-4H3,(H,17,18)/b6-5+. The van der Waals surface area contributed by atoms with E-state index < -0.39 is 5.97 Å². The van der Waals surface area contributed by atoms with Crippen LogP contribution in [0.25, 0.3) is 6.08 Å². The van der Waals surface area contributed by atoms with Gasteiger partial charge in [-0.15, -0.1) is 6.58 Å². The molecule has 0 bridgehead atoms. The van der Waals surface area contributed by atoms with Crippen LogP contribution in [0.2, 0.25) is 0 Å². The predicted molar refractivity (Wildman–Crippen MR) is 81.1 cm³/mol. The number of carboxylic acids is 1. The van der Waals surface area contributed by atoms with Crippen LogP contribution in [0.5, 0.6) is 17.2 Å². The van der Waals surface area contributed by atoms with E-state index in [9.17, 15) is 4.79 Å². The molecule has 0 saturated carbocycles. The Balaban J connectivity index is 3.06. The smallest absolute Gasteiger partial charge is 0.328 e. The van der Waals surface area contributed by atoms with Crippen LogP contribution in [-0.4, -0.2) is 31.9 Å². The van der Waals surface area contributed by atoms with Crippen molar-refractivity contribution in [3.8, 4) is 17.2 Å². The molecular formula is C16H20O5. The van der Waals surface area contributed by atoms with Crippen LogP contribution in [0.3, 0.4) is 0 Å². The lowest BCUT2D eigenvalue weighted by molar-refractivity contribution is -0.131. The normalized spacial score (nSPS) is 10.4. The quantitative estimate of drug-likeness (QED) is 0.589. The topological polar surface area (TPSA) is 65.0 Å². The zero-order valence-corrected chi connectivity index (χ0v) is 12.5. The van der Waals surface area contributed by atoms with Gasteiger partial charge < -0.3 is 19.3 Å². The van der Waals surface area contributed by atoms with Crippen LogP contribution in [-0.2, 0) is 4.79 Å². The Morgan fingerprint density at radius 1 is 1.29 bits per heavy atom. The number of carbonyl (C=O) groups is 1. The minimum absolute atomic E-state index is 0.465. The predicted octanol–water partition coefficient (Wildman–Crippen LogP) is 3.15. The second kappa shape index (κ2) is 7.99. The van der Waals surface area contributed by atoms with Crippen molar-refractivity contribution in [2.75, 3.05) is 20.8 Å². The summed E-state index contributed by atoms with van der Waals surface area (Å²) >= 11 is 0. The molecule has 0 heterocycles. The molecular weight excluding hydrogens is 272 g/mol. The highest BCUT2D eigenvalue weighted by Crippen LogP contribution is 2.39. The molecule has 0 unspecified atom stereocenters. The Bertz CT molecular complexity index is 521. The zero-order valence-electron chi connectivity index (χ0n) is 12.5. The van der Waals surface area contributed by atoms with Crippen LogP contribution >= 0.6 is 0 Å². The van der Waals surface area contributed by atoms with Gasteiger partial charge in [-0.2, -0.15) is 0 Å². The minimum atomic E-state index is -1.02. The average molecular weight is 292 g/mol. The van der Waals surface area contributed by atoms with Gasteiger partial charge in [0.2, 0.25) is 5.75 Å². The lowest BCUT2D eigenvalue weighted by Gasteiger charge is -2.15. The highest BCUT2D eigenvalue weighted by Gasteiger charge is 2.13. The second-order valence-electron chi connectivity index (χ2n) is 4.48. The first-order valence-corrected chi connectivity index (χ1v) is 6.42.